The first-order valence-corrected chi connectivity index (χ1v) is 5.28. The van der Waals surface area contributed by atoms with Crippen LogP contribution in [0.3, 0.4) is 0 Å². The minimum Gasteiger partial charge on any atom is -0.377 e. The van der Waals surface area contributed by atoms with Gasteiger partial charge in [0.25, 0.3) is 0 Å². The van der Waals surface area contributed by atoms with Gasteiger partial charge in [0.05, 0.1) is 25.2 Å². The number of carbonyl (C=O) groups is 2. The molecule has 0 radical (unpaired) electrons. The van der Waals surface area contributed by atoms with Gasteiger partial charge in [-0.15, -0.1) is 0 Å². The number of morpholine rings is 1. The van der Waals surface area contributed by atoms with Crippen LogP contribution in [-0.4, -0.2) is 42.8 Å². The van der Waals surface area contributed by atoms with Gasteiger partial charge in [0.15, 0.2) is 0 Å². The summed E-state index contributed by atoms with van der Waals surface area (Å²) in [5.41, 5.74) is 0. The molecule has 2 aliphatic rings. The highest BCUT2D eigenvalue weighted by Crippen LogP contribution is 2.30. The number of ether oxygens (including phenoxy) is 2. The van der Waals surface area contributed by atoms with Crippen molar-refractivity contribution in [2.45, 2.75) is 25.8 Å². The molecule has 0 aromatic heterocycles. The molecule has 15 heavy (non-hydrogen) atoms. The van der Waals surface area contributed by atoms with Crippen molar-refractivity contribution in [3.8, 4) is 0 Å². The summed E-state index contributed by atoms with van der Waals surface area (Å²) in [7, 11) is 0. The second-order valence-corrected chi connectivity index (χ2v) is 4.08. The van der Waals surface area contributed by atoms with Crippen molar-refractivity contribution in [2.24, 2.45) is 5.92 Å². The lowest BCUT2D eigenvalue weighted by Gasteiger charge is -2.31. The van der Waals surface area contributed by atoms with E-state index in [-0.39, 0.29) is 17.9 Å². The molecule has 0 N–H and O–H groups in total. The van der Waals surface area contributed by atoms with Gasteiger partial charge in [-0.2, -0.15) is 0 Å². The summed E-state index contributed by atoms with van der Waals surface area (Å²) in [6.45, 7) is 3.39. The SMILES string of the molecule is C[C@H]1COCCN1C(=O)OC(=O)C1CC1. The van der Waals surface area contributed by atoms with E-state index in [0.717, 1.165) is 12.8 Å². The third-order valence-electron chi connectivity index (χ3n) is 2.70. The van der Waals surface area contributed by atoms with E-state index in [1.807, 2.05) is 6.92 Å². The molecule has 1 amide bonds. The summed E-state index contributed by atoms with van der Waals surface area (Å²) in [6, 6.07) is -0.0155. The Labute approximate surface area is 88.3 Å². The van der Waals surface area contributed by atoms with Crippen LogP contribution in [0.5, 0.6) is 0 Å². The second kappa shape index (κ2) is 4.18. The van der Waals surface area contributed by atoms with Gasteiger partial charge in [-0.25, -0.2) is 4.79 Å². The Morgan fingerprint density at radius 1 is 1.40 bits per heavy atom. The van der Waals surface area contributed by atoms with Gasteiger partial charge in [0, 0.05) is 6.54 Å². The summed E-state index contributed by atoms with van der Waals surface area (Å²) in [5, 5.41) is 0. The van der Waals surface area contributed by atoms with E-state index in [1.165, 1.54) is 0 Å². The Balaban J connectivity index is 1.85. The zero-order chi connectivity index (χ0) is 10.8. The monoisotopic (exact) mass is 213 g/mol. The average Bonchev–Trinajstić information content (AvgIpc) is 3.01. The summed E-state index contributed by atoms with van der Waals surface area (Å²) in [4.78, 5) is 24.4. The summed E-state index contributed by atoms with van der Waals surface area (Å²) < 4.78 is 9.97. The molecule has 2 rings (SSSR count). The lowest BCUT2D eigenvalue weighted by atomic mass is 10.3. The molecule has 0 unspecified atom stereocenters. The molecule has 1 atom stereocenters. The highest BCUT2D eigenvalue weighted by molar-refractivity contribution is 5.87. The Kier molecular flexibility index (Phi) is 2.90. The third-order valence-corrected chi connectivity index (χ3v) is 2.70. The Hall–Kier alpha value is -1.10. The molecule has 5 heteroatoms. The van der Waals surface area contributed by atoms with Gasteiger partial charge >= 0.3 is 12.1 Å². The quantitative estimate of drug-likeness (QED) is 0.477. The number of rotatable bonds is 1. The van der Waals surface area contributed by atoms with Crippen LogP contribution in [0.15, 0.2) is 0 Å². The fraction of sp³-hybridized carbons (Fsp3) is 0.800. The van der Waals surface area contributed by atoms with Crippen molar-refractivity contribution in [3.05, 3.63) is 0 Å². The smallest absolute Gasteiger partial charge is 0.377 e. The van der Waals surface area contributed by atoms with Crippen LogP contribution in [0.25, 0.3) is 0 Å². The Bertz CT molecular complexity index is 275. The molecule has 1 heterocycles. The fourth-order valence-electron chi connectivity index (χ4n) is 1.55. The van der Waals surface area contributed by atoms with Gasteiger partial charge in [-0.05, 0) is 19.8 Å². The molecular weight excluding hydrogens is 198 g/mol. The largest absolute Gasteiger partial charge is 0.417 e. The zero-order valence-corrected chi connectivity index (χ0v) is 8.77. The summed E-state index contributed by atoms with van der Waals surface area (Å²) >= 11 is 0. The predicted octanol–water partition coefficient (Wildman–Crippen LogP) is 0.780. The number of hydrogen-bond donors (Lipinski definition) is 0. The van der Waals surface area contributed by atoms with Crippen LogP contribution in [0.2, 0.25) is 0 Å². The number of esters is 1. The lowest BCUT2D eigenvalue weighted by Crippen LogP contribution is -2.47. The molecule has 1 saturated carbocycles. The maximum atomic E-state index is 11.6. The van der Waals surface area contributed by atoms with Crippen molar-refractivity contribution >= 4 is 12.1 Å². The molecule has 1 saturated heterocycles. The summed E-state index contributed by atoms with van der Waals surface area (Å²) in [6.07, 6.45) is 1.18. The molecule has 0 bridgehead atoms. The molecular formula is C10H15NO4. The molecule has 0 aromatic rings. The molecule has 5 nitrogen and oxygen atoms in total. The standard InChI is InChI=1S/C10H15NO4/c1-7-6-14-5-4-11(7)10(13)15-9(12)8-2-3-8/h7-8H,2-6H2,1H3/t7-/m0/s1. The first-order chi connectivity index (χ1) is 7.18. The normalized spacial score (nSPS) is 26.2. The molecule has 1 aliphatic heterocycles. The Morgan fingerprint density at radius 2 is 2.13 bits per heavy atom. The first kappa shape index (κ1) is 10.4. The van der Waals surface area contributed by atoms with E-state index >= 15 is 0 Å². The highest BCUT2D eigenvalue weighted by Gasteiger charge is 2.35. The number of nitrogens with zero attached hydrogens (tertiary/aromatic N) is 1. The predicted molar refractivity (Wildman–Crippen MR) is 51.2 cm³/mol. The van der Waals surface area contributed by atoms with E-state index < -0.39 is 6.09 Å². The Morgan fingerprint density at radius 3 is 2.73 bits per heavy atom. The first-order valence-electron chi connectivity index (χ1n) is 5.28. The summed E-state index contributed by atoms with van der Waals surface area (Å²) in [5.74, 6) is -0.413. The fourth-order valence-corrected chi connectivity index (χ4v) is 1.55. The minimum absolute atomic E-state index is 0.0155. The van der Waals surface area contributed by atoms with E-state index in [2.05, 4.69) is 0 Å². The van der Waals surface area contributed by atoms with Crippen molar-refractivity contribution in [1.82, 2.24) is 4.90 Å². The zero-order valence-electron chi connectivity index (χ0n) is 8.77. The van der Waals surface area contributed by atoms with Gasteiger partial charge in [0.2, 0.25) is 0 Å². The maximum Gasteiger partial charge on any atom is 0.417 e. The van der Waals surface area contributed by atoms with E-state index in [1.54, 1.807) is 4.90 Å². The van der Waals surface area contributed by atoms with Crippen molar-refractivity contribution < 1.29 is 19.1 Å². The molecule has 1 aliphatic carbocycles. The van der Waals surface area contributed by atoms with Crippen molar-refractivity contribution in [3.63, 3.8) is 0 Å². The molecule has 0 spiro atoms. The van der Waals surface area contributed by atoms with Crippen molar-refractivity contribution in [2.75, 3.05) is 19.8 Å². The van der Waals surface area contributed by atoms with E-state index in [4.69, 9.17) is 9.47 Å². The third kappa shape index (κ3) is 2.47. The van der Waals surface area contributed by atoms with Crippen LogP contribution in [0.4, 0.5) is 4.79 Å². The highest BCUT2D eigenvalue weighted by atomic mass is 16.6. The number of carbonyl (C=O) groups excluding carboxylic acids is 2. The van der Waals surface area contributed by atoms with Crippen LogP contribution in [0.1, 0.15) is 19.8 Å². The molecule has 2 fully saturated rings. The number of hydrogen-bond acceptors (Lipinski definition) is 4. The van der Waals surface area contributed by atoms with Gasteiger partial charge in [-0.1, -0.05) is 0 Å². The topological polar surface area (TPSA) is 55.8 Å². The lowest BCUT2D eigenvalue weighted by molar-refractivity contribution is -0.140. The molecule has 0 aromatic carbocycles. The van der Waals surface area contributed by atoms with Crippen LogP contribution in [0, 0.1) is 5.92 Å². The van der Waals surface area contributed by atoms with Crippen LogP contribution >= 0.6 is 0 Å². The van der Waals surface area contributed by atoms with Crippen LogP contribution in [-0.2, 0) is 14.3 Å². The van der Waals surface area contributed by atoms with E-state index in [9.17, 15) is 9.59 Å². The molecule has 84 valence electrons. The van der Waals surface area contributed by atoms with E-state index in [0.29, 0.717) is 19.8 Å². The van der Waals surface area contributed by atoms with Crippen molar-refractivity contribution in [1.29, 1.82) is 0 Å². The van der Waals surface area contributed by atoms with Gasteiger partial charge < -0.3 is 14.4 Å². The van der Waals surface area contributed by atoms with Crippen LogP contribution < -0.4 is 0 Å². The van der Waals surface area contributed by atoms with Gasteiger partial charge in [-0.3, -0.25) is 4.79 Å². The number of amides is 1. The maximum absolute atomic E-state index is 11.6. The average molecular weight is 213 g/mol. The minimum atomic E-state index is -0.525. The second-order valence-electron chi connectivity index (χ2n) is 4.08. The van der Waals surface area contributed by atoms with Gasteiger partial charge in [0.1, 0.15) is 0 Å².